The summed E-state index contributed by atoms with van der Waals surface area (Å²) in [6, 6.07) is 10.5. The highest BCUT2D eigenvalue weighted by Gasteiger charge is 2.19. The predicted molar refractivity (Wildman–Crippen MR) is 97.7 cm³/mol. The SMILES string of the molecule is CC(C)COc1ccc(/C=N\Nc2ccc([N+](=O)[O-])cc2[N+](=O)[O-])cc1. The van der Waals surface area contributed by atoms with Crippen LogP contribution in [0.2, 0.25) is 0 Å². The highest BCUT2D eigenvalue weighted by atomic mass is 16.6. The number of hydrogen-bond acceptors (Lipinski definition) is 7. The van der Waals surface area contributed by atoms with Gasteiger partial charge in [0.2, 0.25) is 0 Å². The molecule has 0 aromatic heterocycles. The van der Waals surface area contributed by atoms with Gasteiger partial charge in [-0.1, -0.05) is 13.8 Å². The maximum Gasteiger partial charge on any atom is 0.301 e. The number of nitrogens with one attached hydrogen (secondary N) is 1. The zero-order valence-corrected chi connectivity index (χ0v) is 14.3. The molecule has 0 saturated heterocycles. The number of nitro groups is 2. The Hall–Kier alpha value is -3.49. The molecule has 0 bridgehead atoms. The fourth-order valence-corrected chi connectivity index (χ4v) is 1.97. The van der Waals surface area contributed by atoms with Gasteiger partial charge in [-0.25, -0.2) is 0 Å². The molecule has 1 N–H and O–H groups in total. The lowest BCUT2D eigenvalue weighted by Gasteiger charge is -2.08. The van der Waals surface area contributed by atoms with Gasteiger partial charge in [0, 0.05) is 6.07 Å². The number of hydrazone groups is 1. The molecule has 0 aliphatic rings. The highest BCUT2D eigenvalue weighted by Crippen LogP contribution is 2.28. The molecule has 0 fully saturated rings. The van der Waals surface area contributed by atoms with Crippen LogP contribution in [-0.2, 0) is 0 Å². The van der Waals surface area contributed by atoms with Crippen LogP contribution in [0.15, 0.2) is 47.6 Å². The number of nitrogens with zero attached hydrogens (tertiary/aromatic N) is 3. The van der Waals surface area contributed by atoms with Crippen LogP contribution >= 0.6 is 0 Å². The van der Waals surface area contributed by atoms with Crippen molar-refractivity contribution in [2.24, 2.45) is 11.0 Å². The molecular weight excluding hydrogens is 340 g/mol. The Kier molecular flexibility index (Phi) is 6.20. The molecule has 2 rings (SSSR count). The van der Waals surface area contributed by atoms with Crippen molar-refractivity contribution in [1.29, 1.82) is 0 Å². The van der Waals surface area contributed by atoms with Crippen molar-refractivity contribution in [1.82, 2.24) is 0 Å². The van der Waals surface area contributed by atoms with Crippen LogP contribution in [0.1, 0.15) is 19.4 Å². The molecule has 0 aliphatic carbocycles. The van der Waals surface area contributed by atoms with Gasteiger partial charge in [0.05, 0.1) is 28.7 Å². The summed E-state index contributed by atoms with van der Waals surface area (Å²) in [7, 11) is 0. The molecule has 9 heteroatoms. The molecule has 0 unspecified atom stereocenters. The molecule has 0 radical (unpaired) electrons. The number of ether oxygens (including phenoxy) is 1. The Labute approximate surface area is 149 Å². The number of nitro benzene ring substituents is 2. The molecule has 136 valence electrons. The van der Waals surface area contributed by atoms with Gasteiger partial charge >= 0.3 is 5.69 Å². The lowest BCUT2D eigenvalue weighted by molar-refractivity contribution is -0.393. The van der Waals surface area contributed by atoms with E-state index in [-0.39, 0.29) is 11.4 Å². The van der Waals surface area contributed by atoms with Crippen LogP contribution in [0.4, 0.5) is 17.1 Å². The van der Waals surface area contributed by atoms with Gasteiger partial charge in [-0.3, -0.25) is 25.7 Å². The molecule has 2 aromatic carbocycles. The Morgan fingerprint density at radius 3 is 2.38 bits per heavy atom. The molecule has 9 nitrogen and oxygen atoms in total. The Bertz CT molecular complexity index is 818. The van der Waals surface area contributed by atoms with E-state index >= 15 is 0 Å². The van der Waals surface area contributed by atoms with Gasteiger partial charge in [-0.15, -0.1) is 0 Å². The van der Waals surface area contributed by atoms with Gasteiger partial charge in [-0.05, 0) is 41.8 Å². The average Bonchev–Trinajstić information content (AvgIpc) is 2.60. The summed E-state index contributed by atoms with van der Waals surface area (Å²) >= 11 is 0. The van der Waals surface area contributed by atoms with Crippen LogP contribution in [-0.4, -0.2) is 22.7 Å². The predicted octanol–water partition coefficient (Wildman–Crippen LogP) is 3.98. The van der Waals surface area contributed by atoms with Gasteiger partial charge in [0.25, 0.3) is 5.69 Å². The third-order valence-corrected chi connectivity index (χ3v) is 3.25. The fraction of sp³-hybridized carbons (Fsp3) is 0.235. The van der Waals surface area contributed by atoms with Crippen molar-refractivity contribution in [3.8, 4) is 5.75 Å². The lowest BCUT2D eigenvalue weighted by Crippen LogP contribution is -2.04. The van der Waals surface area contributed by atoms with Crippen molar-refractivity contribution < 1.29 is 14.6 Å². The second kappa shape index (κ2) is 8.56. The lowest BCUT2D eigenvalue weighted by atomic mass is 10.2. The van der Waals surface area contributed by atoms with E-state index in [1.807, 2.05) is 0 Å². The second-order valence-electron chi connectivity index (χ2n) is 5.86. The minimum absolute atomic E-state index is 0.0636. The van der Waals surface area contributed by atoms with E-state index in [0.29, 0.717) is 12.5 Å². The number of anilines is 1. The van der Waals surface area contributed by atoms with Crippen molar-refractivity contribution in [3.63, 3.8) is 0 Å². The molecular formula is C17H18N4O5. The van der Waals surface area contributed by atoms with Crippen LogP contribution < -0.4 is 10.2 Å². The molecule has 26 heavy (non-hydrogen) atoms. The molecule has 0 aliphatic heterocycles. The summed E-state index contributed by atoms with van der Waals surface area (Å²) < 4.78 is 5.58. The van der Waals surface area contributed by atoms with Crippen LogP contribution in [0, 0.1) is 26.1 Å². The van der Waals surface area contributed by atoms with E-state index in [9.17, 15) is 20.2 Å². The van der Waals surface area contributed by atoms with E-state index in [1.54, 1.807) is 24.3 Å². The van der Waals surface area contributed by atoms with Gasteiger partial charge in [0.1, 0.15) is 11.4 Å². The summed E-state index contributed by atoms with van der Waals surface area (Å²) in [5, 5.41) is 25.7. The van der Waals surface area contributed by atoms with Crippen molar-refractivity contribution in [3.05, 3.63) is 68.3 Å². The number of non-ortho nitro benzene ring substituents is 1. The van der Waals surface area contributed by atoms with Crippen LogP contribution in [0.3, 0.4) is 0 Å². The average molecular weight is 358 g/mol. The van der Waals surface area contributed by atoms with E-state index in [1.165, 1.54) is 18.3 Å². The standard InChI is InChI=1S/C17H18N4O5/c1-12(2)11-26-15-6-3-13(4-7-15)10-18-19-16-8-5-14(20(22)23)9-17(16)21(24)25/h3-10,12,19H,11H2,1-2H3/b18-10-. The van der Waals surface area contributed by atoms with Gasteiger partial charge < -0.3 is 4.74 Å². The highest BCUT2D eigenvalue weighted by molar-refractivity contribution is 5.80. The van der Waals surface area contributed by atoms with Gasteiger partial charge in [0.15, 0.2) is 0 Å². The summed E-state index contributed by atoms with van der Waals surface area (Å²) in [5.74, 6) is 1.17. The number of rotatable bonds is 8. The molecule has 0 atom stereocenters. The molecule has 0 spiro atoms. The van der Waals surface area contributed by atoms with E-state index in [2.05, 4.69) is 24.4 Å². The van der Waals surface area contributed by atoms with Crippen molar-refractivity contribution in [2.45, 2.75) is 13.8 Å². The topological polar surface area (TPSA) is 120 Å². The largest absolute Gasteiger partial charge is 0.493 e. The Morgan fingerprint density at radius 2 is 1.81 bits per heavy atom. The zero-order chi connectivity index (χ0) is 19.1. The first-order valence-corrected chi connectivity index (χ1v) is 7.81. The quantitative estimate of drug-likeness (QED) is 0.433. The number of benzene rings is 2. The summed E-state index contributed by atoms with van der Waals surface area (Å²) in [6.45, 7) is 4.74. The maximum absolute atomic E-state index is 11.1. The zero-order valence-electron chi connectivity index (χ0n) is 14.3. The third-order valence-electron chi connectivity index (χ3n) is 3.25. The monoisotopic (exact) mass is 358 g/mol. The summed E-state index contributed by atoms with van der Waals surface area (Å²) in [4.78, 5) is 20.4. The van der Waals surface area contributed by atoms with Gasteiger partial charge in [-0.2, -0.15) is 5.10 Å². The van der Waals surface area contributed by atoms with Crippen molar-refractivity contribution in [2.75, 3.05) is 12.0 Å². The number of hydrogen-bond donors (Lipinski definition) is 1. The van der Waals surface area contributed by atoms with E-state index < -0.39 is 15.5 Å². The van der Waals surface area contributed by atoms with E-state index in [4.69, 9.17) is 4.74 Å². The summed E-state index contributed by atoms with van der Waals surface area (Å²) in [6.07, 6.45) is 1.48. The maximum atomic E-state index is 11.1. The van der Waals surface area contributed by atoms with Crippen molar-refractivity contribution >= 4 is 23.3 Å². The summed E-state index contributed by atoms with van der Waals surface area (Å²) in [5.41, 5.74) is 2.58. The molecule has 2 aromatic rings. The molecule has 0 saturated carbocycles. The normalized spacial score (nSPS) is 10.9. The minimum Gasteiger partial charge on any atom is -0.493 e. The first-order valence-electron chi connectivity index (χ1n) is 7.81. The second-order valence-corrected chi connectivity index (χ2v) is 5.86. The van der Waals surface area contributed by atoms with E-state index in [0.717, 1.165) is 17.4 Å². The Morgan fingerprint density at radius 1 is 1.12 bits per heavy atom. The molecule has 0 heterocycles. The first kappa shape index (κ1) is 18.8. The fourth-order valence-electron chi connectivity index (χ4n) is 1.97. The smallest absolute Gasteiger partial charge is 0.301 e. The first-order chi connectivity index (χ1) is 12.4. The van der Waals surface area contributed by atoms with Crippen LogP contribution in [0.25, 0.3) is 0 Å². The van der Waals surface area contributed by atoms with Crippen LogP contribution in [0.5, 0.6) is 5.75 Å². The molecule has 0 amide bonds. The third kappa shape index (κ3) is 5.26. The minimum atomic E-state index is -0.703. The Balaban J connectivity index is 2.06.